The molecule has 0 aliphatic rings. The Morgan fingerprint density at radius 1 is 1.23 bits per heavy atom. The molecule has 0 spiro atoms. The molecule has 0 aliphatic heterocycles. The van der Waals surface area contributed by atoms with Gasteiger partial charge in [0.15, 0.2) is 0 Å². The van der Waals surface area contributed by atoms with Crippen molar-refractivity contribution < 1.29 is 9.53 Å². The lowest BCUT2D eigenvalue weighted by Crippen LogP contribution is -2.35. The van der Waals surface area contributed by atoms with Crippen LogP contribution in [0.1, 0.15) is 26.3 Å². The molecule has 0 amide bonds. The van der Waals surface area contributed by atoms with E-state index in [1.54, 1.807) is 18.6 Å². The lowest BCUT2D eigenvalue weighted by Gasteiger charge is -2.25. The summed E-state index contributed by atoms with van der Waals surface area (Å²) in [6.45, 7) is 6.14. The van der Waals surface area contributed by atoms with Gasteiger partial charge in [-0.05, 0) is 32.9 Å². The number of aromatic nitrogens is 3. The number of hydrogen-bond donors (Lipinski definition) is 0. The zero-order valence-electron chi connectivity index (χ0n) is 13.1. The van der Waals surface area contributed by atoms with Crippen LogP contribution in [-0.4, -0.2) is 33.1 Å². The molecule has 0 aromatic carbocycles. The molecule has 2 heterocycles. The minimum absolute atomic E-state index is 0.114. The Bertz CT molecular complexity index is 597. The Balaban J connectivity index is 2.14. The fourth-order valence-corrected chi connectivity index (χ4v) is 1.92. The predicted octanol–water partition coefficient (Wildman–Crippen LogP) is 2.22. The molecule has 6 nitrogen and oxygen atoms in total. The summed E-state index contributed by atoms with van der Waals surface area (Å²) in [7, 11) is 0. The quantitative estimate of drug-likeness (QED) is 0.789. The molecule has 0 saturated heterocycles. The van der Waals surface area contributed by atoms with Crippen molar-refractivity contribution in [2.75, 3.05) is 11.4 Å². The minimum atomic E-state index is -0.511. The Morgan fingerprint density at radius 3 is 2.55 bits per heavy atom. The zero-order chi connectivity index (χ0) is 16.0. The maximum Gasteiger partial charge on any atom is 0.326 e. The zero-order valence-corrected chi connectivity index (χ0v) is 13.1. The van der Waals surface area contributed by atoms with Gasteiger partial charge in [0.25, 0.3) is 0 Å². The van der Waals surface area contributed by atoms with E-state index >= 15 is 0 Å². The molecule has 116 valence electrons. The SMILES string of the molecule is CC(C)(C)OC(=O)CN(Cc1cncnc1)c1ccccn1. The van der Waals surface area contributed by atoms with Crippen LogP contribution in [0.15, 0.2) is 43.1 Å². The van der Waals surface area contributed by atoms with Crippen molar-refractivity contribution in [1.29, 1.82) is 0 Å². The average molecular weight is 300 g/mol. The number of ether oxygens (including phenoxy) is 1. The van der Waals surface area contributed by atoms with Gasteiger partial charge in [-0.2, -0.15) is 0 Å². The van der Waals surface area contributed by atoms with Crippen LogP contribution >= 0.6 is 0 Å². The van der Waals surface area contributed by atoms with Gasteiger partial charge < -0.3 is 9.64 Å². The van der Waals surface area contributed by atoms with Gasteiger partial charge in [-0.25, -0.2) is 15.0 Å². The Kier molecular flexibility index (Phi) is 5.04. The molecule has 0 atom stereocenters. The standard InChI is InChI=1S/C16H20N4O2/c1-16(2,3)22-15(21)11-20(14-6-4-5-7-19-14)10-13-8-17-12-18-9-13/h4-9,12H,10-11H2,1-3H3. The van der Waals surface area contributed by atoms with Crippen LogP contribution in [0.3, 0.4) is 0 Å². The molecule has 2 rings (SSSR count). The van der Waals surface area contributed by atoms with Crippen LogP contribution < -0.4 is 4.90 Å². The van der Waals surface area contributed by atoms with Gasteiger partial charge >= 0.3 is 5.97 Å². The average Bonchev–Trinajstić information content (AvgIpc) is 2.47. The first kappa shape index (κ1) is 15.9. The number of nitrogens with zero attached hydrogens (tertiary/aromatic N) is 4. The lowest BCUT2D eigenvalue weighted by atomic mass is 10.2. The predicted molar refractivity (Wildman–Crippen MR) is 83.2 cm³/mol. The van der Waals surface area contributed by atoms with E-state index in [-0.39, 0.29) is 12.5 Å². The van der Waals surface area contributed by atoms with E-state index in [9.17, 15) is 4.79 Å². The Labute approximate surface area is 130 Å². The van der Waals surface area contributed by atoms with Crippen LogP contribution in [-0.2, 0) is 16.1 Å². The van der Waals surface area contributed by atoms with Gasteiger partial charge in [-0.15, -0.1) is 0 Å². The first-order chi connectivity index (χ1) is 10.4. The third kappa shape index (κ3) is 5.12. The molecule has 6 heteroatoms. The van der Waals surface area contributed by atoms with Gasteiger partial charge in [-0.1, -0.05) is 6.07 Å². The van der Waals surface area contributed by atoms with E-state index in [1.165, 1.54) is 6.33 Å². The number of esters is 1. The molecule has 0 radical (unpaired) electrons. The van der Waals surface area contributed by atoms with Crippen LogP contribution in [0.25, 0.3) is 0 Å². The highest BCUT2D eigenvalue weighted by atomic mass is 16.6. The summed E-state index contributed by atoms with van der Waals surface area (Å²) < 4.78 is 5.39. The van der Waals surface area contributed by atoms with Gasteiger partial charge in [0.05, 0.1) is 0 Å². The molecule has 2 aromatic heterocycles. The summed E-state index contributed by atoms with van der Waals surface area (Å²) in [5.41, 5.74) is 0.389. The van der Waals surface area contributed by atoms with E-state index in [4.69, 9.17) is 4.74 Å². The summed E-state index contributed by atoms with van der Waals surface area (Å²) >= 11 is 0. The van der Waals surface area contributed by atoms with Crippen molar-refractivity contribution in [3.63, 3.8) is 0 Å². The van der Waals surface area contributed by atoms with Crippen molar-refractivity contribution in [2.24, 2.45) is 0 Å². The van der Waals surface area contributed by atoms with Gasteiger partial charge in [-0.3, -0.25) is 4.79 Å². The minimum Gasteiger partial charge on any atom is -0.459 e. The van der Waals surface area contributed by atoms with E-state index in [1.807, 2.05) is 43.9 Å². The van der Waals surface area contributed by atoms with Crippen LogP contribution in [0, 0.1) is 0 Å². The highest BCUT2D eigenvalue weighted by Crippen LogP contribution is 2.14. The molecule has 0 fully saturated rings. The molecule has 22 heavy (non-hydrogen) atoms. The Morgan fingerprint density at radius 2 is 1.95 bits per heavy atom. The summed E-state index contributed by atoms with van der Waals surface area (Å²) in [4.78, 5) is 26.2. The largest absolute Gasteiger partial charge is 0.459 e. The van der Waals surface area contributed by atoms with Crippen molar-refractivity contribution in [1.82, 2.24) is 15.0 Å². The van der Waals surface area contributed by atoms with Gasteiger partial charge in [0.1, 0.15) is 24.3 Å². The normalized spacial score (nSPS) is 11.0. The smallest absolute Gasteiger partial charge is 0.326 e. The molecule has 0 unspecified atom stereocenters. The highest BCUT2D eigenvalue weighted by Gasteiger charge is 2.20. The fraction of sp³-hybridized carbons (Fsp3) is 0.375. The van der Waals surface area contributed by atoms with E-state index in [2.05, 4.69) is 15.0 Å². The van der Waals surface area contributed by atoms with E-state index in [0.717, 1.165) is 5.56 Å². The number of carbonyl (C=O) groups excluding carboxylic acids is 1. The Hall–Kier alpha value is -2.50. The summed E-state index contributed by atoms with van der Waals surface area (Å²) in [5, 5.41) is 0. The number of hydrogen-bond acceptors (Lipinski definition) is 6. The lowest BCUT2D eigenvalue weighted by molar-refractivity contribution is -0.153. The number of rotatable bonds is 5. The van der Waals surface area contributed by atoms with Crippen molar-refractivity contribution in [3.05, 3.63) is 48.7 Å². The number of pyridine rings is 1. The molecule has 0 aliphatic carbocycles. The fourth-order valence-electron chi connectivity index (χ4n) is 1.92. The molecule has 0 N–H and O–H groups in total. The van der Waals surface area contributed by atoms with Gasteiger partial charge in [0.2, 0.25) is 0 Å². The van der Waals surface area contributed by atoms with Crippen LogP contribution in [0.2, 0.25) is 0 Å². The highest BCUT2D eigenvalue weighted by molar-refractivity contribution is 5.75. The van der Waals surface area contributed by atoms with Crippen LogP contribution in [0.4, 0.5) is 5.82 Å². The summed E-state index contributed by atoms with van der Waals surface area (Å²) in [5.74, 6) is 0.409. The molecule has 2 aromatic rings. The van der Waals surface area contributed by atoms with E-state index < -0.39 is 5.60 Å². The monoisotopic (exact) mass is 300 g/mol. The summed E-state index contributed by atoms with van der Waals surface area (Å²) in [6.07, 6.45) is 6.61. The molecular weight excluding hydrogens is 280 g/mol. The van der Waals surface area contributed by atoms with E-state index in [0.29, 0.717) is 12.4 Å². The summed E-state index contributed by atoms with van der Waals surface area (Å²) in [6, 6.07) is 5.57. The maximum absolute atomic E-state index is 12.1. The molecule has 0 saturated carbocycles. The molecular formula is C16H20N4O2. The second kappa shape index (κ2) is 6.98. The first-order valence-corrected chi connectivity index (χ1v) is 7.06. The maximum atomic E-state index is 12.1. The second-order valence-electron chi connectivity index (χ2n) is 5.88. The van der Waals surface area contributed by atoms with Crippen molar-refractivity contribution in [3.8, 4) is 0 Å². The van der Waals surface area contributed by atoms with Gasteiger partial charge in [0, 0.05) is 30.7 Å². The topological polar surface area (TPSA) is 68.2 Å². The van der Waals surface area contributed by atoms with Crippen molar-refractivity contribution in [2.45, 2.75) is 32.9 Å². The molecule has 0 bridgehead atoms. The van der Waals surface area contributed by atoms with Crippen LogP contribution in [0.5, 0.6) is 0 Å². The van der Waals surface area contributed by atoms with Crippen molar-refractivity contribution >= 4 is 11.8 Å². The second-order valence-corrected chi connectivity index (χ2v) is 5.88. The first-order valence-electron chi connectivity index (χ1n) is 7.06. The number of carbonyl (C=O) groups is 1. The number of anilines is 1. The third-order valence-corrected chi connectivity index (χ3v) is 2.70. The third-order valence-electron chi connectivity index (χ3n) is 2.70.